The predicted octanol–water partition coefficient (Wildman–Crippen LogP) is 1.06. The van der Waals surface area contributed by atoms with Crippen LogP contribution in [0.3, 0.4) is 0 Å². The van der Waals surface area contributed by atoms with Gasteiger partial charge < -0.3 is 10.1 Å². The van der Waals surface area contributed by atoms with Crippen LogP contribution in [0.15, 0.2) is 24.5 Å². The summed E-state index contributed by atoms with van der Waals surface area (Å²) in [6.45, 7) is 1.24. The minimum atomic E-state index is -0.444. The Morgan fingerprint density at radius 2 is 2.29 bits per heavy atom. The van der Waals surface area contributed by atoms with Crippen molar-refractivity contribution in [2.45, 2.75) is 13.0 Å². The van der Waals surface area contributed by atoms with Crippen molar-refractivity contribution < 1.29 is 9.66 Å². The molecule has 0 saturated heterocycles. The molecule has 8 nitrogen and oxygen atoms in total. The molecule has 1 N–H and O–H groups in total. The third-order valence-electron chi connectivity index (χ3n) is 2.94. The van der Waals surface area contributed by atoms with Crippen LogP contribution in [0.2, 0.25) is 0 Å². The van der Waals surface area contributed by atoms with E-state index < -0.39 is 4.92 Å². The molecule has 0 aliphatic heterocycles. The molecule has 0 amide bonds. The SMILES string of the molecule is COc1ccc(CNCCc2ncn(C)n2)cc1[N+](=O)[O-]. The first-order chi connectivity index (χ1) is 10.1. The van der Waals surface area contributed by atoms with E-state index in [2.05, 4.69) is 15.4 Å². The first-order valence-corrected chi connectivity index (χ1v) is 6.46. The molecule has 0 saturated carbocycles. The van der Waals surface area contributed by atoms with E-state index in [1.807, 2.05) is 7.05 Å². The Labute approximate surface area is 121 Å². The van der Waals surface area contributed by atoms with E-state index in [4.69, 9.17) is 4.74 Å². The number of nitro groups is 1. The number of methoxy groups -OCH3 is 1. The summed E-state index contributed by atoms with van der Waals surface area (Å²) in [7, 11) is 3.24. The second-order valence-electron chi connectivity index (χ2n) is 4.52. The molecule has 1 aromatic carbocycles. The maximum absolute atomic E-state index is 10.9. The van der Waals surface area contributed by atoms with Gasteiger partial charge in [-0.05, 0) is 11.6 Å². The molecule has 0 bridgehead atoms. The van der Waals surface area contributed by atoms with Gasteiger partial charge in [0.1, 0.15) is 6.33 Å². The average molecular weight is 291 g/mol. The Balaban J connectivity index is 1.88. The number of nitro benzene ring substituents is 1. The molecule has 0 aliphatic carbocycles. The summed E-state index contributed by atoms with van der Waals surface area (Å²) in [4.78, 5) is 14.6. The van der Waals surface area contributed by atoms with Gasteiger partial charge in [0.15, 0.2) is 11.6 Å². The number of aromatic nitrogens is 3. The lowest BCUT2D eigenvalue weighted by Crippen LogP contribution is -2.17. The van der Waals surface area contributed by atoms with Crippen LogP contribution >= 0.6 is 0 Å². The highest BCUT2D eigenvalue weighted by Gasteiger charge is 2.14. The van der Waals surface area contributed by atoms with Crippen LogP contribution in [-0.2, 0) is 20.0 Å². The van der Waals surface area contributed by atoms with Crippen LogP contribution in [-0.4, -0.2) is 33.3 Å². The van der Waals surface area contributed by atoms with E-state index in [9.17, 15) is 10.1 Å². The van der Waals surface area contributed by atoms with E-state index in [1.54, 1.807) is 23.1 Å². The number of nitrogens with zero attached hydrogens (tertiary/aromatic N) is 4. The van der Waals surface area contributed by atoms with Crippen molar-refractivity contribution in [3.63, 3.8) is 0 Å². The number of hydrogen-bond donors (Lipinski definition) is 1. The first kappa shape index (κ1) is 14.9. The van der Waals surface area contributed by atoms with Gasteiger partial charge in [-0.15, -0.1) is 0 Å². The van der Waals surface area contributed by atoms with Crippen molar-refractivity contribution >= 4 is 5.69 Å². The van der Waals surface area contributed by atoms with E-state index in [0.717, 1.165) is 11.4 Å². The molecule has 112 valence electrons. The lowest BCUT2D eigenvalue weighted by Gasteiger charge is -2.06. The Hall–Kier alpha value is -2.48. The largest absolute Gasteiger partial charge is 0.490 e. The summed E-state index contributed by atoms with van der Waals surface area (Å²) in [5.41, 5.74) is 0.805. The van der Waals surface area contributed by atoms with Gasteiger partial charge in [-0.2, -0.15) is 5.10 Å². The summed E-state index contributed by atoms with van der Waals surface area (Å²) in [6, 6.07) is 4.93. The van der Waals surface area contributed by atoms with Crippen LogP contribution in [0.1, 0.15) is 11.4 Å². The molecule has 0 fully saturated rings. The summed E-state index contributed by atoms with van der Waals surface area (Å²) in [5, 5.41) is 18.3. The first-order valence-electron chi connectivity index (χ1n) is 6.46. The van der Waals surface area contributed by atoms with Gasteiger partial charge >= 0.3 is 5.69 Å². The van der Waals surface area contributed by atoms with E-state index in [1.165, 1.54) is 13.2 Å². The zero-order valence-electron chi connectivity index (χ0n) is 11.9. The van der Waals surface area contributed by atoms with Crippen LogP contribution in [0, 0.1) is 10.1 Å². The monoisotopic (exact) mass is 291 g/mol. The second-order valence-corrected chi connectivity index (χ2v) is 4.52. The van der Waals surface area contributed by atoms with Gasteiger partial charge in [0, 0.05) is 32.6 Å². The predicted molar refractivity (Wildman–Crippen MR) is 76.1 cm³/mol. The maximum Gasteiger partial charge on any atom is 0.311 e. The quantitative estimate of drug-likeness (QED) is 0.465. The van der Waals surface area contributed by atoms with Crippen molar-refractivity contribution in [1.82, 2.24) is 20.1 Å². The molecule has 0 radical (unpaired) electrons. The normalized spacial score (nSPS) is 10.6. The van der Waals surface area contributed by atoms with E-state index >= 15 is 0 Å². The van der Waals surface area contributed by atoms with Crippen LogP contribution < -0.4 is 10.1 Å². The molecule has 1 heterocycles. The molecule has 21 heavy (non-hydrogen) atoms. The molecule has 1 aromatic heterocycles. The summed E-state index contributed by atoms with van der Waals surface area (Å²) in [6.07, 6.45) is 2.36. The van der Waals surface area contributed by atoms with Crippen molar-refractivity contribution in [1.29, 1.82) is 0 Å². The smallest absolute Gasteiger partial charge is 0.311 e. The zero-order chi connectivity index (χ0) is 15.2. The Morgan fingerprint density at radius 1 is 1.48 bits per heavy atom. The zero-order valence-corrected chi connectivity index (χ0v) is 11.9. The fraction of sp³-hybridized carbons (Fsp3) is 0.385. The topological polar surface area (TPSA) is 95.1 Å². The van der Waals surface area contributed by atoms with Gasteiger partial charge in [0.2, 0.25) is 0 Å². The highest BCUT2D eigenvalue weighted by atomic mass is 16.6. The van der Waals surface area contributed by atoms with Gasteiger partial charge in [-0.1, -0.05) is 6.07 Å². The van der Waals surface area contributed by atoms with Gasteiger partial charge in [0.25, 0.3) is 0 Å². The Morgan fingerprint density at radius 3 is 2.90 bits per heavy atom. The van der Waals surface area contributed by atoms with Crippen molar-refractivity contribution in [2.75, 3.05) is 13.7 Å². The molecule has 0 spiro atoms. The van der Waals surface area contributed by atoms with Crippen molar-refractivity contribution in [3.05, 3.63) is 46.0 Å². The van der Waals surface area contributed by atoms with Crippen LogP contribution in [0.25, 0.3) is 0 Å². The summed E-state index contributed by atoms with van der Waals surface area (Å²) in [5.74, 6) is 1.03. The van der Waals surface area contributed by atoms with E-state index in [-0.39, 0.29) is 11.4 Å². The molecule has 8 heteroatoms. The molecule has 2 rings (SSSR count). The molecule has 0 unspecified atom stereocenters. The highest BCUT2D eigenvalue weighted by molar-refractivity contribution is 5.48. The number of ether oxygens (including phenoxy) is 1. The van der Waals surface area contributed by atoms with E-state index in [0.29, 0.717) is 19.5 Å². The number of aryl methyl sites for hydroxylation is 1. The fourth-order valence-corrected chi connectivity index (χ4v) is 1.92. The third kappa shape index (κ3) is 3.99. The van der Waals surface area contributed by atoms with Gasteiger partial charge in [0.05, 0.1) is 12.0 Å². The number of rotatable bonds is 7. The van der Waals surface area contributed by atoms with Gasteiger partial charge in [-0.3, -0.25) is 14.8 Å². The minimum absolute atomic E-state index is 0.0248. The fourth-order valence-electron chi connectivity index (χ4n) is 1.92. The summed E-state index contributed by atoms with van der Waals surface area (Å²) < 4.78 is 6.62. The highest BCUT2D eigenvalue weighted by Crippen LogP contribution is 2.27. The second kappa shape index (κ2) is 6.80. The number of nitrogens with one attached hydrogen (secondary N) is 1. The molecule has 2 aromatic rings. The Kier molecular flexibility index (Phi) is 4.83. The summed E-state index contributed by atoms with van der Waals surface area (Å²) >= 11 is 0. The molecular formula is C13H17N5O3. The lowest BCUT2D eigenvalue weighted by molar-refractivity contribution is -0.385. The lowest BCUT2D eigenvalue weighted by atomic mass is 10.2. The molecular weight excluding hydrogens is 274 g/mol. The van der Waals surface area contributed by atoms with Gasteiger partial charge in [-0.25, -0.2) is 4.98 Å². The van der Waals surface area contributed by atoms with Crippen LogP contribution in [0.5, 0.6) is 5.75 Å². The molecule has 0 atom stereocenters. The minimum Gasteiger partial charge on any atom is -0.490 e. The standard InChI is InChI=1S/C13H17N5O3/c1-17-9-15-13(16-17)5-6-14-8-10-3-4-12(21-2)11(7-10)18(19)20/h3-4,7,9,14H,5-6,8H2,1-2H3. The maximum atomic E-state index is 10.9. The average Bonchev–Trinajstić information content (AvgIpc) is 2.89. The number of hydrogen-bond acceptors (Lipinski definition) is 6. The van der Waals surface area contributed by atoms with Crippen LogP contribution in [0.4, 0.5) is 5.69 Å². The number of benzene rings is 1. The molecule has 0 aliphatic rings. The third-order valence-corrected chi connectivity index (χ3v) is 2.94. The van der Waals surface area contributed by atoms with Crippen molar-refractivity contribution in [2.24, 2.45) is 7.05 Å². The Bertz CT molecular complexity index is 626. The van der Waals surface area contributed by atoms with Crippen molar-refractivity contribution in [3.8, 4) is 5.75 Å².